The summed E-state index contributed by atoms with van der Waals surface area (Å²) in [6, 6.07) is 6.36. The van der Waals surface area contributed by atoms with Gasteiger partial charge in [0, 0.05) is 5.10 Å². The van der Waals surface area contributed by atoms with E-state index in [-0.39, 0.29) is 23.3 Å². The van der Waals surface area contributed by atoms with E-state index in [0.29, 0.717) is 0 Å². The van der Waals surface area contributed by atoms with Gasteiger partial charge in [-0.1, -0.05) is 17.7 Å². The van der Waals surface area contributed by atoms with Crippen molar-refractivity contribution in [3.63, 3.8) is 0 Å². The molecule has 1 heterocycles. The fourth-order valence-electron chi connectivity index (χ4n) is 1.67. The minimum absolute atomic E-state index is 0.106. The molecule has 0 radical (unpaired) electrons. The maximum atomic E-state index is 12.1. The van der Waals surface area contributed by atoms with E-state index in [1.807, 2.05) is 6.92 Å². The summed E-state index contributed by atoms with van der Waals surface area (Å²) in [5.41, 5.74) is 0.960. The molecule has 0 aliphatic carbocycles. The molecule has 0 N–H and O–H groups in total. The van der Waals surface area contributed by atoms with Crippen LogP contribution in [0.2, 0.25) is 0 Å². The van der Waals surface area contributed by atoms with Gasteiger partial charge in [-0.15, -0.1) is 4.68 Å². The highest BCUT2D eigenvalue weighted by Crippen LogP contribution is 2.14. The molecule has 10 heteroatoms. The number of benzene rings is 1. The van der Waals surface area contributed by atoms with Crippen LogP contribution >= 0.6 is 0 Å². The number of hydrogen-bond donors (Lipinski definition) is 0. The van der Waals surface area contributed by atoms with Crippen molar-refractivity contribution >= 4 is 15.8 Å². The number of rotatable bonds is 6. The highest BCUT2D eigenvalue weighted by Gasteiger charge is 2.21. The molecule has 1 aromatic carbocycles. The van der Waals surface area contributed by atoms with Crippen molar-refractivity contribution in [2.75, 3.05) is 12.4 Å². The number of nitro groups is 1. The normalized spacial score (nSPS) is 11.4. The van der Waals surface area contributed by atoms with Gasteiger partial charge in [0.25, 0.3) is 0 Å². The number of aryl methyl sites for hydroxylation is 2. The number of ether oxygens (including phenoxy) is 1. The molecule has 0 aliphatic heterocycles. The maximum absolute atomic E-state index is 12.1. The molecule has 0 aliphatic rings. The van der Waals surface area contributed by atoms with Gasteiger partial charge in [-0.2, -0.15) is 0 Å². The lowest BCUT2D eigenvalue weighted by Crippen LogP contribution is -2.15. The second kappa shape index (κ2) is 6.10. The Labute approximate surface area is 126 Å². The Hall–Kier alpha value is -2.49. The van der Waals surface area contributed by atoms with E-state index in [1.165, 1.54) is 19.2 Å². The summed E-state index contributed by atoms with van der Waals surface area (Å²) >= 11 is 0. The minimum Gasteiger partial charge on any atom is -0.449 e. The van der Waals surface area contributed by atoms with Gasteiger partial charge in [-0.25, -0.2) is 8.42 Å². The monoisotopic (exact) mass is 326 g/mol. The third-order valence-electron chi connectivity index (χ3n) is 2.84. The van der Waals surface area contributed by atoms with E-state index in [0.717, 1.165) is 10.2 Å². The lowest BCUT2D eigenvalue weighted by molar-refractivity contribution is -0.394. The number of hydrogen-bond acceptors (Lipinski definition) is 7. The molecule has 0 saturated heterocycles. The van der Waals surface area contributed by atoms with E-state index < -0.39 is 20.7 Å². The zero-order chi connectivity index (χ0) is 16.3. The molecule has 0 spiro atoms. The first-order valence-electron chi connectivity index (χ1n) is 6.27. The van der Waals surface area contributed by atoms with Crippen molar-refractivity contribution in [3.8, 4) is 6.01 Å². The summed E-state index contributed by atoms with van der Waals surface area (Å²) in [7, 11) is -2.07. The standard InChI is InChI=1S/C12H14N4O5S/c1-9-3-5-10(6-4-9)22(19,20)8-7-21-12-13-11(16(17)18)14-15(12)2/h3-6H,7-8H2,1-2H3. The van der Waals surface area contributed by atoms with E-state index >= 15 is 0 Å². The largest absolute Gasteiger partial charge is 0.494 e. The number of sulfone groups is 1. The first kappa shape index (κ1) is 15.9. The summed E-state index contributed by atoms with van der Waals surface area (Å²) in [5, 5.41) is 14.1. The molecule has 0 atom stereocenters. The summed E-state index contributed by atoms with van der Waals surface area (Å²) in [4.78, 5) is 13.5. The van der Waals surface area contributed by atoms with Crippen LogP contribution in [-0.2, 0) is 16.9 Å². The zero-order valence-electron chi connectivity index (χ0n) is 12.0. The van der Waals surface area contributed by atoms with Crippen molar-refractivity contribution in [1.29, 1.82) is 0 Å². The smallest absolute Gasteiger partial charge is 0.449 e. The molecule has 2 aromatic rings. The zero-order valence-corrected chi connectivity index (χ0v) is 12.8. The fourth-order valence-corrected chi connectivity index (χ4v) is 2.76. The predicted octanol–water partition coefficient (Wildman–Crippen LogP) is 0.884. The Morgan fingerprint density at radius 1 is 1.32 bits per heavy atom. The summed E-state index contributed by atoms with van der Waals surface area (Å²) < 4.78 is 30.4. The molecule has 2 rings (SSSR count). The van der Waals surface area contributed by atoms with Crippen LogP contribution in [0.25, 0.3) is 0 Å². The SMILES string of the molecule is Cc1ccc(S(=O)(=O)CCOc2nc([N+](=O)[O-])nn2C)cc1. The third kappa shape index (κ3) is 3.58. The first-order chi connectivity index (χ1) is 10.3. The average molecular weight is 326 g/mol. The van der Waals surface area contributed by atoms with E-state index in [9.17, 15) is 18.5 Å². The molecular weight excluding hydrogens is 312 g/mol. The molecule has 0 unspecified atom stereocenters. The van der Waals surface area contributed by atoms with E-state index in [2.05, 4.69) is 10.1 Å². The molecule has 0 fully saturated rings. The van der Waals surface area contributed by atoms with Crippen LogP contribution in [0.3, 0.4) is 0 Å². The summed E-state index contributed by atoms with van der Waals surface area (Å²) in [5.74, 6) is -0.865. The Balaban J connectivity index is 2.01. The van der Waals surface area contributed by atoms with Crippen molar-refractivity contribution < 1.29 is 18.1 Å². The van der Waals surface area contributed by atoms with Gasteiger partial charge in [0.05, 0.1) is 17.7 Å². The van der Waals surface area contributed by atoms with Gasteiger partial charge >= 0.3 is 12.0 Å². The predicted molar refractivity (Wildman–Crippen MR) is 76.4 cm³/mol. The summed E-state index contributed by atoms with van der Waals surface area (Å²) in [6.07, 6.45) is 0. The number of nitrogens with zero attached hydrogens (tertiary/aromatic N) is 4. The Kier molecular flexibility index (Phi) is 4.40. The molecule has 0 saturated carbocycles. The second-order valence-corrected chi connectivity index (χ2v) is 6.66. The lowest BCUT2D eigenvalue weighted by atomic mass is 10.2. The van der Waals surface area contributed by atoms with Crippen LogP contribution in [0.5, 0.6) is 6.01 Å². The highest BCUT2D eigenvalue weighted by atomic mass is 32.2. The van der Waals surface area contributed by atoms with E-state index in [1.54, 1.807) is 12.1 Å². The van der Waals surface area contributed by atoms with Crippen molar-refractivity contribution in [1.82, 2.24) is 14.8 Å². The van der Waals surface area contributed by atoms with Gasteiger partial charge in [-0.05, 0) is 29.0 Å². The van der Waals surface area contributed by atoms with Gasteiger partial charge in [0.2, 0.25) is 0 Å². The van der Waals surface area contributed by atoms with Crippen LogP contribution in [-0.4, -0.2) is 40.5 Å². The Bertz CT molecular complexity index is 782. The Morgan fingerprint density at radius 2 is 1.95 bits per heavy atom. The number of aromatic nitrogens is 3. The van der Waals surface area contributed by atoms with Crippen LogP contribution in [0, 0.1) is 17.0 Å². The van der Waals surface area contributed by atoms with Crippen LogP contribution in [0.15, 0.2) is 29.2 Å². The highest BCUT2D eigenvalue weighted by molar-refractivity contribution is 7.91. The van der Waals surface area contributed by atoms with E-state index in [4.69, 9.17) is 4.74 Å². The quantitative estimate of drug-likeness (QED) is 0.571. The molecule has 9 nitrogen and oxygen atoms in total. The average Bonchev–Trinajstić information content (AvgIpc) is 2.81. The third-order valence-corrected chi connectivity index (χ3v) is 4.53. The maximum Gasteiger partial charge on any atom is 0.494 e. The van der Waals surface area contributed by atoms with Crippen molar-refractivity contribution in [2.24, 2.45) is 7.05 Å². The molecule has 1 aromatic heterocycles. The molecule has 0 bridgehead atoms. The summed E-state index contributed by atoms with van der Waals surface area (Å²) in [6.45, 7) is 1.68. The topological polar surface area (TPSA) is 117 Å². The van der Waals surface area contributed by atoms with Crippen LogP contribution in [0.1, 0.15) is 5.56 Å². The van der Waals surface area contributed by atoms with Crippen LogP contribution in [0.4, 0.5) is 5.95 Å². The lowest BCUT2D eigenvalue weighted by Gasteiger charge is -2.05. The first-order valence-corrected chi connectivity index (χ1v) is 7.92. The molecule has 0 amide bonds. The van der Waals surface area contributed by atoms with Crippen molar-refractivity contribution in [2.45, 2.75) is 11.8 Å². The molecule has 118 valence electrons. The molecule has 22 heavy (non-hydrogen) atoms. The van der Waals surface area contributed by atoms with Gasteiger partial charge < -0.3 is 14.9 Å². The van der Waals surface area contributed by atoms with Crippen LogP contribution < -0.4 is 4.74 Å². The minimum atomic E-state index is -3.49. The van der Waals surface area contributed by atoms with Gasteiger partial charge in [0.15, 0.2) is 9.84 Å². The fraction of sp³-hybridized carbons (Fsp3) is 0.333. The van der Waals surface area contributed by atoms with Gasteiger partial charge in [-0.3, -0.25) is 0 Å². The van der Waals surface area contributed by atoms with Gasteiger partial charge in [0.1, 0.15) is 6.61 Å². The Morgan fingerprint density at radius 3 is 2.50 bits per heavy atom. The van der Waals surface area contributed by atoms with Crippen molar-refractivity contribution in [3.05, 3.63) is 39.9 Å². The second-order valence-electron chi connectivity index (χ2n) is 4.56. The molecular formula is C12H14N4O5S.